The molecule has 0 unspecified atom stereocenters. The van der Waals surface area contributed by atoms with Crippen molar-refractivity contribution >= 4 is 29.6 Å². The van der Waals surface area contributed by atoms with Gasteiger partial charge in [-0.1, -0.05) is 18.2 Å². The summed E-state index contributed by atoms with van der Waals surface area (Å²) in [7, 11) is 0. The molecule has 1 aromatic heterocycles. The standard InChI is InChI=1S/C22H23N3O9/c1-12(26)31-11-16-18(32-13(2)27)19(33-14(3)28)21(34-16)25-10-9-17(24-22(25)30)23-20(29)15-7-5-4-6-8-15/h4-10,16,18-19,21H,11H2,1-3H3,(H,23,24,29,30)/t16-,18-,19-,21-/m1/s1. The molecule has 1 fully saturated rings. The number of hydrogen-bond donors (Lipinski definition) is 1. The summed E-state index contributed by atoms with van der Waals surface area (Å²) >= 11 is 0. The Morgan fingerprint density at radius 2 is 1.62 bits per heavy atom. The van der Waals surface area contributed by atoms with Gasteiger partial charge in [0, 0.05) is 32.5 Å². The molecule has 0 aliphatic carbocycles. The molecule has 3 rings (SSSR count). The van der Waals surface area contributed by atoms with Gasteiger partial charge in [0.15, 0.2) is 18.4 Å². The van der Waals surface area contributed by atoms with Gasteiger partial charge >= 0.3 is 23.6 Å². The van der Waals surface area contributed by atoms with Crippen LogP contribution in [0.15, 0.2) is 47.4 Å². The van der Waals surface area contributed by atoms with E-state index < -0.39 is 54.0 Å². The van der Waals surface area contributed by atoms with Crippen LogP contribution in [-0.2, 0) is 33.3 Å². The first-order valence-corrected chi connectivity index (χ1v) is 10.2. The number of benzene rings is 1. The summed E-state index contributed by atoms with van der Waals surface area (Å²) in [6.45, 7) is 3.17. The van der Waals surface area contributed by atoms with Crippen molar-refractivity contribution in [2.24, 2.45) is 0 Å². The highest BCUT2D eigenvalue weighted by atomic mass is 16.7. The fraction of sp³-hybridized carbons (Fsp3) is 0.364. The van der Waals surface area contributed by atoms with E-state index in [1.165, 1.54) is 19.2 Å². The molecule has 2 aromatic rings. The maximum atomic E-state index is 12.8. The number of hydrogen-bond acceptors (Lipinski definition) is 10. The third kappa shape index (κ3) is 6.04. The molecular weight excluding hydrogens is 450 g/mol. The van der Waals surface area contributed by atoms with Crippen molar-refractivity contribution in [3.05, 3.63) is 58.6 Å². The molecule has 4 atom stereocenters. The average Bonchev–Trinajstić information content (AvgIpc) is 3.08. The lowest BCUT2D eigenvalue weighted by molar-refractivity contribution is -0.166. The van der Waals surface area contributed by atoms with Gasteiger partial charge in [0.1, 0.15) is 18.5 Å². The molecule has 1 amide bonds. The molecule has 180 valence electrons. The highest BCUT2D eigenvalue weighted by Crippen LogP contribution is 2.33. The molecule has 2 heterocycles. The number of amides is 1. The Labute approximate surface area is 193 Å². The molecule has 12 nitrogen and oxygen atoms in total. The number of anilines is 1. The normalized spacial score (nSPS) is 21.4. The first kappa shape index (κ1) is 24.6. The minimum Gasteiger partial charge on any atom is -0.463 e. The lowest BCUT2D eigenvalue weighted by atomic mass is 10.1. The maximum absolute atomic E-state index is 12.8. The minimum absolute atomic E-state index is 0.00913. The number of carbonyl (C=O) groups excluding carboxylic acids is 4. The molecule has 1 aromatic carbocycles. The van der Waals surface area contributed by atoms with Gasteiger partial charge in [-0.25, -0.2) is 4.79 Å². The van der Waals surface area contributed by atoms with Crippen molar-refractivity contribution in [2.75, 3.05) is 11.9 Å². The fourth-order valence-electron chi connectivity index (χ4n) is 3.37. The van der Waals surface area contributed by atoms with Gasteiger partial charge < -0.3 is 24.3 Å². The molecule has 1 N–H and O–H groups in total. The van der Waals surface area contributed by atoms with Crippen LogP contribution in [0.4, 0.5) is 5.82 Å². The maximum Gasteiger partial charge on any atom is 0.351 e. The SMILES string of the molecule is CC(=O)OC[C@H]1O[C@@H](n2ccc(NC(=O)c3ccccc3)nc2=O)[C@H](OC(C)=O)[C@@H]1OC(C)=O. The Morgan fingerprint density at radius 1 is 0.971 bits per heavy atom. The monoisotopic (exact) mass is 473 g/mol. The average molecular weight is 473 g/mol. The second kappa shape index (κ2) is 10.7. The first-order valence-electron chi connectivity index (χ1n) is 10.2. The van der Waals surface area contributed by atoms with Gasteiger partial charge in [-0.05, 0) is 18.2 Å². The van der Waals surface area contributed by atoms with Crippen molar-refractivity contribution in [1.29, 1.82) is 0 Å². The lowest BCUT2D eigenvalue weighted by Gasteiger charge is -2.23. The summed E-state index contributed by atoms with van der Waals surface area (Å²) in [5.41, 5.74) is -0.456. The number of aromatic nitrogens is 2. The van der Waals surface area contributed by atoms with E-state index in [0.29, 0.717) is 5.56 Å². The molecule has 0 bridgehead atoms. The van der Waals surface area contributed by atoms with Crippen LogP contribution in [0.1, 0.15) is 37.4 Å². The topological polar surface area (TPSA) is 152 Å². The van der Waals surface area contributed by atoms with Crippen molar-refractivity contribution in [3.63, 3.8) is 0 Å². The van der Waals surface area contributed by atoms with Crippen LogP contribution >= 0.6 is 0 Å². The Bertz CT molecular complexity index is 1130. The predicted molar refractivity (Wildman–Crippen MR) is 115 cm³/mol. The van der Waals surface area contributed by atoms with Crippen molar-refractivity contribution < 1.29 is 38.1 Å². The number of nitrogens with zero attached hydrogens (tertiary/aromatic N) is 2. The molecule has 0 saturated carbocycles. The Balaban J connectivity index is 1.88. The second-order valence-corrected chi connectivity index (χ2v) is 7.34. The highest BCUT2D eigenvalue weighted by Gasteiger charge is 2.50. The van der Waals surface area contributed by atoms with Crippen LogP contribution < -0.4 is 11.0 Å². The number of nitrogens with one attached hydrogen (secondary N) is 1. The third-order valence-electron chi connectivity index (χ3n) is 4.72. The predicted octanol–water partition coefficient (Wildman–Crippen LogP) is 0.819. The highest BCUT2D eigenvalue weighted by molar-refractivity contribution is 6.03. The molecule has 1 aliphatic rings. The number of carbonyl (C=O) groups is 4. The van der Waals surface area contributed by atoms with Gasteiger partial charge in [-0.2, -0.15) is 4.98 Å². The van der Waals surface area contributed by atoms with Crippen LogP contribution in [0.25, 0.3) is 0 Å². The Morgan fingerprint density at radius 3 is 2.21 bits per heavy atom. The molecule has 1 aliphatic heterocycles. The van der Waals surface area contributed by atoms with E-state index in [9.17, 15) is 24.0 Å². The van der Waals surface area contributed by atoms with Gasteiger partial charge in [-0.15, -0.1) is 0 Å². The fourth-order valence-corrected chi connectivity index (χ4v) is 3.37. The van der Waals surface area contributed by atoms with Crippen LogP contribution in [0, 0.1) is 0 Å². The van der Waals surface area contributed by atoms with Crippen LogP contribution in [0.2, 0.25) is 0 Å². The van der Waals surface area contributed by atoms with Crippen LogP contribution in [0.5, 0.6) is 0 Å². The number of rotatable bonds is 7. The molecule has 34 heavy (non-hydrogen) atoms. The van der Waals surface area contributed by atoms with Crippen LogP contribution in [-0.4, -0.2) is 58.3 Å². The number of ether oxygens (including phenoxy) is 4. The molecule has 0 spiro atoms. The Hall–Kier alpha value is -4.06. The zero-order valence-electron chi connectivity index (χ0n) is 18.6. The van der Waals surface area contributed by atoms with E-state index in [0.717, 1.165) is 18.4 Å². The van der Waals surface area contributed by atoms with Crippen LogP contribution in [0.3, 0.4) is 0 Å². The molecule has 0 radical (unpaired) electrons. The number of esters is 3. The van der Waals surface area contributed by atoms with E-state index >= 15 is 0 Å². The van der Waals surface area contributed by atoms with Gasteiger partial charge in [0.05, 0.1) is 0 Å². The summed E-state index contributed by atoms with van der Waals surface area (Å²) < 4.78 is 22.3. The van der Waals surface area contributed by atoms with E-state index in [-0.39, 0.29) is 12.4 Å². The Kier molecular flexibility index (Phi) is 7.74. The van der Waals surface area contributed by atoms with Crippen molar-refractivity contribution in [1.82, 2.24) is 9.55 Å². The second-order valence-electron chi connectivity index (χ2n) is 7.34. The lowest BCUT2D eigenvalue weighted by Crippen LogP contribution is -2.41. The summed E-state index contributed by atoms with van der Waals surface area (Å²) in [4.78, 5) is 63.5. The summed E-state index contributed by atoms with van der Waals surface area (Å²) in [6.07, 6.45) is -3.36. The van der Waals surface area contributed by atoms with Crippen molar-refractivity contribution in [3.8, 4) is 0 Å². The van der Waals surface area contributed by atoms with E-state index in [4.69, 9.17) is 18.9 Å². The zero-order valence-corrected chi connectivity index (χ0v) is 18.6. The van der Waals surface area contributed by atoms with E-state index in [2.05, 4.69) is 10.3 Å². The third-order valence-corrected chi connectivity index (χ3v) is 4.72. The summed E-state index contributed by atoms with van der Waals surface area (Å²) in [5, 5.41) is 2.52. The summed E-state index contributed by atoms with van der Waals surface area (Å²) in [5.74, 6) is -2.48. The molecule has 1 saturated heterocycles. The smallest absolute Gasteiger partial charge is 0.351 e. The largest absolute Gasteiger partial charge is 0.463 e. The minimum atomic E-state index is -1.24. The molecular formula is C22H23N3O9. The first-order chi connectivity index (χ1) is 16.2. The van der Waals surface area contributed by atoms with Gasteiger partial charge in [0.2, 0.25) is 0 Å². The van der Waals surface area contributed by atoms with Gasteiger partial charge in [0.25, 0.3) is 5.91 Å². The molecule has 12 heteroatoms. The van der Waals surface area contributed by atoms with E-state index in [1.54, 1.807) is 30.3 Å². The quantitative estimate of drug-likeness (QED) is 0.452. The zero-order chi connectivity index (χ0) is 24.8. The van der Waals surface area contributed by atoms with Crippen molar-refractivity contribution in [2.45, 2.75) is 45.3 Å². The van der Waals surface area contributed by atoms with Gasteiger partial charge in [-0.3, -0.25) is 23.7 Å². The summed E-state index contributed by atoms with van der Waals surface area (Å²) in [6, 6.07) is 9.71. The van der Waals surface area contributed by atoms with E-state index in [1.807, 2.05) is 0 Å².